The normalized spacial score (nSPS) is 9.57. The Morgan fingerprint density at radius 3 is 1.91 bits per heavy atom. The molecule has 0 bridgehead atoms. The van der Waals surface area contributed by atoms with Crippen LogP contribution in [0.4, 0.5) is 0 Å². The number of ether oxygens (including phenoxy) is 1. The fourth-order valence-corrected chi connectivity index (χ4v) is 1.48. The maximum absolute atomic E-state index is 11.8. The van der Waals surface area contributed by atoms with Crippen molar-refractivity contribution in [3.05, 3.63) is 35.4 Å². The van der Waals surface area contributed by atoms with Gasteiger partial charge in [-0.15, -0.1) is 0 Å². The second-order valence-electron chi connectivity index (χ2n) is 5.46. The van der Waals surface area contributed by atoms with Crippen molar-refractivity contribution in [2.45, 2.75) is 67.4 Å². The van der Waals surface area contributed by atoms with Crippen molar-refractivity contribution in [2.75, 3.05) is 6.54 Å². The summed E-state index contributed by atoms with van der Waals surface area (Å²) in [6.45, 7) is 15.7. The number of hydrogen-bond donors (Lipinski definition) is 1. The maximum Gasteiger partial charge on any atom is 0.308 e. The lowest BCUT2D eigenvalue weighted by molar-refractivity contribution is -0.154. The molecule has 0 heterocycles. The van der Waals surface area contributed by atoms with E-state index in [0.29, 0.717) is 5.56 Å². The van der Waals surface area contributed by atoms with Crippen LogP contribution in [0.15, 0.2) is 24.3 Å². The van der Waals surface area contributed by atoms with Crippen LogP contribution < -0.4 is 5.32 Å². The number of aryl methyl sites for hydroxylation is 1. The molecule has 0 aliphatic carbocycles. The van der Waals surface area contributed by atoms with Gasteiger partial charge in [0, 0.05) is 12.1 Å². The smallest absolute Gasteiger partial charge is 0.308 e. The molecule has 0 saturated heterocycles. The number of carbonyl (C=O) groups excluding carboxylic acids is 2. The molecular weight excluding hydrogens is 290 g/mol. The summed E-state index contributed by atoms with van der Waals surface area (Å²) >= 11 is 0. The Balaban J connectivity index is 0. The molecule has 0 radical (unpaired) electrons. The first-order valence-electron chi connectivity index (χ1n) is 8.34. The Hall–Kier alpha value is -1.84. The van der Waals surface area contributed by atoms with Crippen LogP contribution in [-0.2, 0) is 9.53 Å². The van der Waals surface area contributed by atoms with Crippen LogP contribution in [0.5, 0.6) is 0 Å². The number of nitrogens with one attached hydrogen (secondary N) is 1. The summed E-state index contributed by atoms with van der Waals surface area (Å²) in [5.41, 5.74) is 1.21. The Morgan fingerprint density at radius 1 is 1.00 bits per heavy atom. The van der Waals surface area contributed by atoms with Crippen molar-refractivity contribution in [2.24, 2.45) is 0 Å². The highest BCUT2D eigenvalue weighted by atomic mass is 16.6. The van der Waals surface area contributed by atoms with Gasteiger partial charge in [-0.25, -0.2) is 0 Å². The summed E-state index contributed by atoms with van der Waals surface area (Å²) in [6, 6.07) is 7.28. The van der Waals surface area contributed by atoms with Crippen LogP contribution in [0.2, 0.25) is 0 Å². The van der Waals surface area contributed by atoms with E-state index in [1.54, 1.807) is 12.1 Å². The van der Waals surface area contributed by atoms with Crippen LogP contribution in [0.1, 0.15) is 70.8 Å². The summed E-state index contributed by atoms with van der Waals surface area (Å²) in [6.07, 6.45) is 0.175. The van der Waals surface area contributed by atoms with Gasteiger partial charge < -0.3 is 10.1 Å². The lowest BCUT2D eigenvalue weighted by atomic mass is 10.1. The standard InChI is InChI=1S/C15H21NO3.2C2H6/c1-11-5-7-12(8-6-11)14(18)16-10-9-13(17)19-15(2,3)4;2*1-2/h5-8H,9-10H2,1-4H3,(H,16,18);2*1-2H3. The minimum atomic E-state index is -0.488. The highest BCUT2D eigenvalue weighted by Crippen LogP contribution is 2.08. The van der Waals surface area contributed by atoms with Crippen LogP contribution in [0.3, 0.4) is 0 Å². The molecule has 4 heteroatoms. The van der Waals surface area contributed by atoms with E-state index >= 15 is 0 Å². The monoisotopic (exact) mass is 323 g/mol. The molecule has 132 valence electrons. The molecule has 1 aromatic rings. The highest BCUT2D eigenvalue weighted by molar-refractivity contribution is 5.94. The fraction of sp³-hybridized carbons (Fsp3) is 0.579. The summed E-state index contributed by atoms with van der Waals surface area (Å²) in [4.78, 5) is 23.2. The van der Waals surface area contributed by atoms with Crippen molar-refractivity contribution in [3.8, 4) is 0 Å². The number of esters is 1. The molecule has 0 spiro atoms. The van der Waals surface area contributed by atoms with Crippen LogP contribution in [0, 0.1) is 6.92 Å². The van der Waals surface area contributed by atoms with E-state index in [-0.39, 0.29) is 24.8 Å². The number of hydrogen-bond acceptors (Lipinski definition) is 3. The largest absolute Gasteiger partial charge is 0.460 e. The molecule has 0 aliphatic heterocycles. The number of rotatable bonds is 4. The van der Waals surface area contributed by atoms with E-state index < -0.39 is 5.60 Å². The molecule has 0 unspecified atom stereocenters. The third-order valence-corrected chi connectivity index (χ3v) is 2.35. The molecule has 0 fully saturated rings. The van der Waals surface area contributed by atoms with Crippen molar-refractivity contribution in [1.29, 1.82) is 0 Å². The second kappa shape index (κ2) is 12.7. The van der Waals surface area contributed by atoms with E-state index in [1.165, 1.54) is 0 Å². The second-order valence-corrected chi connectivity index (χ2v) is 5.46. The quantitative estimate of drug-likeness (QED) is 0.829. The zero-order valence-corrected chi connectivity index (χ0v) is 15.9. The van der Waals surface area contributed by atoms with Crippen LogP contribution in [-0.4, -0.2) is 24.0 Å². The van der Waals surface area contributed by atoms with Gasteiger partial charge in [0.25, 0.3) is 5.91 Å². The van der Waals surface area contributed by atoms with E-state index in [4.69, 9.17) is 4.74 Å². The molecule has 0 aliphatic rings. The molecule has 0 saturated carbocycles. The van der Waals surface area contributed by atoms with Gasteiger partial charge in [0.1, 0.15) is 5.60 Å². The predicted octanol–water partition coefficient (Wildman–Crippen LogP) is 4.51. The number of amides is 1. The summed E-state index contributed by atoms with van der Waals surface area (Å²) < 4.78 is 5.15. The molecule has 1 amide bonds. The van der Waals surface area contributed by atoms with Gasteiger partial charge in [0.15, 0.2) is 0 Å². The van der Waals surface area contributed by atoms with Gasteiger partial charge in [0.2, 0.25) is 0 Å². The Kier molecular flexibility index (Phi) is 12.9. The van der Waals surface area contributed by atoms with E-state index in [0.717, 1.165) is 5.56 Å². The minimum Gasteiger partial charge on any atom is -0.460 e. The maximum atomic E-state index is 11.8. The van der Waals surface area contributed by atoms with Crippen LogP contribution >= 0.6 is 0 Å². The molecular formula is C19H33NO3. The first kappa shape index (κ1) is 23.4. The molecule has 1 aromatic carbocycles. The molecule has 4 nitrogen and oxygen atoms in total. The van der Waals surface area contributed by atoms with Crippen molar-refractivity contribution < 1.29 is 14.3 Å². The van der Waals surface area contributed by atoms with Gasteiger partial charge >= 0.3 is 5.97 Å². The predicted molar refractivity (Wildman–Crippen MR) is 96.7 cm³/mol. The van der Waals surface area contributed by atoms with Gasteiger partial charge in [-0.1, -0.05) is 45.4 Å². The Labute approximate surface area is 141 Å². The molecule has 1 N–H and O–H groups in total. The van der Waals surface area contributed by atoms with Crippen LogP contribution in [0.25, 0.3) is 0 Å². The lowest BCUT2D eigenvalue weighted by Crippen LogP contribution is -2.29. The number of benzene rings is 1. The third-order valence-electron chi connectivity index (χ3n) is 2.35. The molecule has 0 atom stereocenters. The highest BCUT2D eigenvalue weighted by Gasteiger charge is 2.16. The fourth-order valence-electron chi connectivity index (χ4n) is 1.48. The minimum absolute atomic E-state index is 0.175. The van der Waals surface area contributed by atoms with E-state index in [9.17, 15) is 9.59 Å². The molecule has 23 heavy (non-hydrogen) atoms. The third kappa shape index (κ3) is 12.4. The van der Waals surface area contributed by atoms with Gasteiger partial charge in [-0.05, 0) is 39.8 Å². The van der Waals surface area contributed by atoms with Gasteiger partial charge in [-0.3, -0.25) is 9.59 Å². The summed E-state index contributed by atoms with van der Waals surface area (Å²) in [7, 11) is 0. The Morgan fingerprint density at radius 2 is 1.48 bits per heavy atom. The van der Waals surface area contributed by atoms with Gasteiger partial charge in [0.05, 0.1) is 6.42 Å². The van der Waals surface area contributed by atoms with Crippen molar-refractivity contribution in [3.63, 3.8) is 0 Å². The average molecular weight is 323 g/mol. The van der Waals surface area contributed by atoms with Crippen molar-refractivity contribution >= 4 is 11.9 Å². The van der Waals surface area contributed by atoms with Crippen molar-refractivity contribution in [1.82, 2.24) is 5.32 Å². The number of carbonyl (C=O) groups is 2. The SMILES string of the molecule is CC.CC.Cc1ccc(C(=O)NCCC(=O)OC(C)(C)C)cc1. The van der Waals surface area contributed by atoms with E-state index in [2.05, 4.69) is 5.32 Å². The Bertz CT molecular complexity index is 445. The zero-order valence-electron chi connectivity index (χ0n) is 15.9. The van der Waals surface area contributed by atoms with Gasteiger partial charge in [-0.2, -0.15) is 0 Å². The lowest BCUT2D eigenvalue weighted by Gasteiger charge is -2.19. The summed E-state index contributed by atoms with van der Waals surface area (Å²) in [5, 5.41) is 2.70. The average Bonchev–Trinajstić information content (AvgIpc) is 2.50. The zero-order chi connectivity index (χ0) is 18.5. The molecule has 0 aromatic heterocycles. The molecule has 1 rings (SSSR count). The first-order valence-corrected chi connectivity index (χ1v) is 8.34. The van der Waals surface area contributed by atoms with E-state index in [1.807, 2.05) is 67.5 Å². The topological polar surface area (TPSA) is 55.4 Å². The first-order chi connectivity index (χ1) is 10.8. The summed E-state index contributed by atoms with van der Waals surface area (Å²) in [5.74, 6) is -0.486.